The number of esters is 3. The summed E-state index contributed by atoms with van der Waals surface area (Å²) in [6, 6.07) is 0. The van der Waals surface area contributed by atoms with Gasteiger partial charge in [0, 0.05) is 19.3 Å². The van der Waals surface area contributed by atoms with Crippen molar-refractivity contribution in [3.05, 3.63) is 0 Å². The first-order chi connectivity index (χ1) is 26.4. The van der Waals surface area contributed by atoms with E-state index in [1.807, 2.05) is 0 Å². The molecule has 0 aliphatic carbocycles. The largest absolute Gasteiger partial charge is 0.462 e. The molecule has 0 bridgehead atoms. The van der Waals surface area contributed by atoms with Gasteiger partial charge in [0.05, 0.1) is 0 Å². The number of rotatable bonds is 43. The van der Waals surface area contributed by atoms with Crippen molar-refractivity contribution < 1.29 is 28.6 Å². The Labute approximate surface area is 336 Å². The maximum atomic E-state index is 12.7. The van der Waals surface area contributed by atoms with E-state index in [4.69, 9.17) is 14.2 Å². The smallest absolute Gasteiger partial charge is 0.306 e. The number of carbonyl (C=O) groups excluding carboxylic acids is 3. The fourth-order valence-corrected chi connectivity index (χ4v) is 7.12. The molecule has 2 atom stereocenters. The molecule has 6 nitrogen and oxygen atoms in total. The van der Waals surface area contributed by atoms with Crippen molar-refractivity contribution in [2.24, 2.45) is 5.92 Å². The van der Waals surface area contributed by atoms with Crippen LogP contribution in [0.15, 0.2) is 0 Å². The van der Waals surface area contributed by atoms with Crippen LogP contribution < -0.4 is 0 Å². The molecule has 54 heavy (non-hydrogen) atoms. The fraction of sp³-hybridized carbons (Fsp3) is 0.938. The van der Waals surface area contributed by atoms with Gasteiger partial charge in [-0.3, -0.25) is 14.4 Å². The van der Waals surface area contributed by atoms with E-state index < -0.39 is 6.10 Å². The molecule has 0 spiro atoms. The van der Waals surface area contributed by atoms with E-state index in [1.54, 1.807) is 0 Å². The molecule has 0 heterocycles. The molecule has 6 heteroatoms. The monoisotopic (exact) mass is 765 g/mol. The number of unbranched alkanes of at least 4 members (excludes halogenated alkanes) is 29. The van der Waals surface area contributed by atoms with Crippen molar-refractivity contribution in [1.29, 1.82) is 0 Å². The summed E-state index contributed by atoms with van der Waals surface area (Å²) in [4.78, 5) is 37.8. The average molecular weight is 765 g/mol. The zero-order valence-corrected chi connectivity index (χ0v) is 36.7. The van der Waals surface area contributed by atoms with E-state index in [1.165, 1.54) is 161 Å². The lowest BCUT2D eigenvalue weighted by Crippen LogP contribution is -2.30. The Morgan fingerprint density at radius 2 is 0.648 bits per heavy atom. The topological polar surface area (TPSA) is 78.9 Å². The summed E-state index contributed by atoms with van der Waals surface area (Å²) < 4.78 is 16.7. The van der Waals surface area contributed by atoms with Crippen LogP contribution >= 0.6 is 0 Å². The van der Waals surface area contributed by atoms with Crippen molar-refractivity contribution in [3.8, 4) is 0 Å². The van der Waals surface area contributed by atoms with E-state index >= 15 is 0 Å². The second-order valence-electron chi connectivity index (χ2n) is 16.6. The summed E-state index contributed by atoms with van der Waals surface area (Å²) in [5.41, 5.74) is 0. The van der Waals surface area contributed by atoms with Crippen LogP contribution in [0, 0.1) is 5.92 Å². The van der Waals surface area contributed by atoms with Gasteiger partial charge in [-0.15, -0.1) is 0 Å². The van der Waals surface area contributed by atoms with Gasteiger partial charge in [-0.1, -0.05) is 227 Å². The molecule has 0 saturated carbocycles. The molecule has 0 saturated heterocycles. The first kappa shape index (κ1) is 52.4. The minimum Gasteiger partial charge on any atom is -0.462 e. The molecule has 0 aromatic carbocycles. The van der Waals surface area contributed by atoms with Crippen LogP contribution in [0.3, 0.4) is 0 Å². The first-order valence-electron chi connectivity index (χ1n) is 23.9. The first-order valence-corrected chi connectivity index (χ1v) is 23.9. The van der Waals surface area contributed by atoms with Crippen molar-refractivity contribution in [1.82, 2.24) is 0 Å². The molecule has 320 valence electrons. The second-order valence-corrected chi connectivity index (χ2v) is 16.6. The van der Waals surface area contributed by atoms with Crippen LogP contribution in [0.25, 0.3) is 0 Å². The Morgan fingerprint density at radius 3 is 0.963 bits per heavy atom. The van der Waals surface area contributed by atoms with Crippen molar-refractivity contribution in [2.45, 2.75) is 271 Å². The highest BCUT2D eigenvalue weighted by Crippen LogP contribution is 2.17. The zero-order chi connectivity index (χ0) is 39.6. The molecule has 0 radical (unpaired) electrons. The SMILES string of the molecule is CCCCCCCCCCCCCCCCC(=O)O[C@H](COC(=O)CCCCCCCCCCCCCC)COC(=O)CCCCCCCCC(C)CC. The van der Waals surface area contributed by atoms with Gasteiger partial charge in [0.15, 0.2) is 6.10 Å². The molecule has 0 rings (SSSR count). The van der Waals surface area contributed by atoms with Gasteiger partial charge in [0.2, 0.25) is 0 Å². The molecule has 0 aromatic rings. The lowest BCUT2D eigenvalue weighted by Gasteiger charge is -2.18. The van der Waals surface area contributed by atoms with E-state index in [2.05, 4.69) is 27.7 Å². The van der Waals surface area contributed by atoms with Crippen LogP contribution in [-0.4, -0.2) is 37.2 Å². The molecule has 1 unspecified atom stereocenters. The van der Waals surface area contributed by atoms with Crippen molar-refractivity contribution >= 4 is 17.9 Å². The standard InChI is InChI=1S/C48H92O6/c1-5-8-10-12-14-16-18-20-21-23-25-27-33-37-41-48(51)54-45(43-53-47(50)40-36-32-29-28-30-34-38-44(4)7-3)42-52-46(49)39-35-31-26-24-22-19-17-15-13-11-9-6-2/h44-45H,5-43H2,1-4H3/t44?,45-/m1/s1. The lowest BCUT2D eigenvalue weighted by atomic mass is 10.00. The minimum absolute atomic E-state index is 0.0640. The van der Waals surface area contributed by atoms with Crippen LogP contribution in [0.4, 0.5) is 0 Å². The summed E-state index contributed by atoms with van der Waals surface area (Å²) in [6.07, 6.45) is 42.2. The third-order valence-corrected chi connectivity index (χ3v) is 11.2. The summed E-state index contributed by atoms with van der Waals surface area (Å²) in [6.45, 7) is 8.98. The minimum atomic E-state index is -0.760. The van der Waals surface area contributed by atoms with Gasteiger partial charge < -0.3 is 14.2 Å². The Kier molecular flexibility index (Phi) is 41.3. The van der Waals surface area contributed by atoms with Gasteiger partial charge in [0.1, 0.15) is 13.2 Å². The number of carbonyl (C=O) groups is 3. The Morgan fingerprint density at radius 1 is 0.370 bits per heavy atom. The van der Waals surface area contributed by atoms with Crippen LogP contribution in [-0.2, 0) is 28.6 Å². The number of ether oxygens (including phenoxy) is 3. The molecule has 0 N–H and O–H groups in total. The summed E-state index contributed by atoms with van der Waals surface area (Å²) >= 11 is 0. The second kappa shape index (κ2) is 42.6. The third-order valence-electron chi connectivity index (χ3n) is 11.2. The Bertz CT molecular complexity index is 813. The van der Waals surface area contributed by atoms with E-state index in [9.17, 15) is 14.4 Å². The normalized spacial score (nSPS) is 12.4. The molecule has 0 aliphatic rings. The predicted molar refractivity (Wildman–Crippen MR) is 229 cm³/mol. The molecular weight excluding hydrogens is 673 g/mol. The quantitative estimate of drug-likeness (QED) is 0.0349. The van der Waals surface area contributed by atoms with Gasteiger partial charge in [0.25, 0.3) is 0 Å². The molecular formula is C48H92O6. The maximum absolute atomic E-state index is 12.7. The maximum Gasteiger partial charge on any atom is 0.306 e. The Hall–Kier alpha value is -1.59. The molecule has 0 aromatic heterocycles. The van der Waals surface area contributed by atoms with Gasteiger partial charge in [-0.05, 0) is 25.2 Å². The molecule has 0 amide bonds. The number of hydrogen-bond donors (Lipinski definition) is 0. The van der Waals surface area contributed by atoms with E-state index in [0.717, 1.165) is 63.7 Å². The van der Waals surface area contributed by atoms with Crippen LogP contribution in [0.5, 0.6) is 0 Å². The van der Waals surface area contributed by atoms with Crippen LogP contribution in [0.2, 0.25) is 0 Å². The Balaban J connectivity index is 4.33. The van der Waals surface area contributed by atoms with Crippen LogP contribution in [0.1, 0.15) is 265 Å². The third kappa shape index (κ3) is 40.1. The van der Waals surface area contributed by atoms with Gasteiger partial charge >= 0.3 is 17.9 Å². The average Bonchev–Trinajstić information content (AvgIpc) is 3.17. The van der Waals surface area contributed by atoms with Gasteiger partial charge in [-0.2, -0.15) is 0 Å². The lowest BCUT2D eigenvalue weighted by molar-refractivity contribution is -0.167. The van der Waals surface area contributed by atoms with E-state index in [0.29, 0.717) is 19.3 Å². The summed E-state index contributed by atoms with van der Waals surface area (Å²) in [5, 5.41) is 0. The predicted octanol–water partition coefficient (Wildman–Crippen LogP) is 15.1. The highest BCUT2D eigenvalue weighted by Gasteiger charge is 2.19. The fourth-order valence-electron chi connectivity index (χ4n) is 7.12. The molecule has 0 aliphatic heterocycles. The van der Waals surface area contributed by atoms with Gasteiger partial charge in [-0.25, -0.2) is 0 Å². The highest BCUT2D eigenvalue weighted by molar-refractivity contribution is 5.71. The summed E-state index contributed by atoms with van der Waals surface area (Å²) in [5.74, 6) is -0.0387. The number of hydrogen-bond acceptors (Lipinski definition) is 6. The van der Waals surface area contributed by atoms with Crippen molar-refractivity contribution in [2.75, 3.05) is 13.2 Å². The summed E-state index contributed by atoms with van der Waals surface area (Å²) in [7, 11) is 0. The molecule has 0 fully saturated rings. The van der Waals surface area contributed by atoms with E-state index in [-0.39, 0.29) is 31.1 Å². The highest BCUT2D eigenvalue weighted by atomic mass is 16.6. The van der Waals surface area contributed by atoms with Crippen molar-refractivity contribution in [3.63, 3.8) is 0 Å². The zero-order valence-electron chi connectivity index (χ0n) is 36.7.